The lowest BCUT2D eigenvalue weighted by atomic mass is 10.0. The maximum atomic E-state index is 2.70. The van der Waals surface area contributed by atoms with E-state index >= 15 is 0 Å². The molecule has 1 atom stereocenters. The van der Waals surface area contributed by atoms with Gasteiger partial charge >= 0.3 is 0 Å². The summed E-state index contributed by atoms with van der Waals surface area (Å²) in [6.45, 7) is 9.47. The first-order chi connectivity index (χ1) is 18.3. The maximum Gasteiger partial charge on any atom is 0.101 e. The van der Waals surface area contributed by atoms with Crippen molar-refractivity contribution in [1.29, 1.82) is 0 Å². The fourth-order valence-corrected chi connectivity index (χ4v) is 6.01. The molecule has 1 heterocycles. The number of unbranched alkanes of at least 4 members (excludes halogenated alkanes) is 23. The number of hydrogen-bond acceptors (Lipinski definition) is 2. The second-order valence-electron chi connectivity index (χ2n) is 12.2. The molecule has 1 rings (SSSR count). The van der Waals surface area contributed by atoms with E-state index in [1.807, 2.05) is 0 Å². The highest BCUT2D eigenvalue weighted by Crippen LogP contribution is 2.24. The van der Waals surface area contributed by atoms with Gasteiger partial charge in [-0.2, -0.15) is 0 Å². The van der Waals surface area contributed by atoms with Gasteiger partial charge in [-0.25, -0.2) is 0 Å². The molecule has 0 aromatic rings. The SMILES string of the molecule is CCCCCCCCCCCCCCN1C=CN(CCCCCCCCCCC)C1CCCCCCC. The van der Waals surface area contributed by atoms with Gasteiger partial charge in [-0.05, 0) is 25.7 Å². The third-order valence-electron chi connectivity index (χ3n) is 8.57. The standard InChI is InChI=1S/C35H70N2/c1-4-7-10-13-15-17-18-19-21-23-26-29-32-37-34-33-36(35(37)30-27-24-12-9-6-3)31-28-25-22-20-16-14-11-8-5-2/h33-35H,4-32H2,1-3H3. The predicted octanol–water partition coefficient (Wildman–Crippen LogP) is 12.0. The second kappa shape index (κ2) is 26.9. The van der Waals surface area contributed by atoms with Crippen LogP contribution in [0.4, 0.5) is 0 Å². The Bertz CT molecular complexity index is 474. The first-order valence-corrected chi connectivity index (χ1v) is 17.5. The van der Waals surface area contributed by atoms with Gasteiger partial charge in [0.25, 0.3) is 0 Å². The van der Waals surface area contributed by atoms with Gasteiger partial charge in [0.2, 0.25) is 0 Å². The first kappa shape index (κ1) is 34.4. The van der Waals surface area contributed by atoms with E-state index in [2.05, 4.69) is 43.0 Å². The molecule has 37 heavy (non-hydrogen) atoms. The Morgan fingerprint density at radius 3 is 0.946 bits per heavy atom. The molecule has 1 aliphatic rings. The van der Waals surface area contributed by atoms with Crippen LogP contribution >= 0.6 is 0 Å². The van der Waals surface area contributed by atoms with E-state index in [0.29, 0.717) is 6.17 Å². The molecule has 0 aliphatic carbocycles. The van der Waals surface area contributed by atoms with Gasteiger partial charge in [0.15, 0.2) is 0 Å². The minimum Gasteiger partial charge on any atom is -0.356 e. The minimum atomic E-state index is 0.642. The van der Waals surface area contributed by atoms with E-state index in [4.69, 9.17) is 0 Å². The van der Waals surface area contributed by atoms with Gasteiger partial charge in [-0.15, -0.1) is 0 Å². The summed E-state index contributed by atoms with van der Waals surface area (Å²) >= 11 is 0. The van der Waals surface area contributed by atoms with Crippen LogP contribution in [0.5, 0.6) is 0 Å². The van der Waals surface area contributed by atoms with Crippen LogP contribution in [0.2, 0.25) is 0 Å². The van der Waals surface area contributed by atoms with Crippen molar-refractivity contribution in [3.8, 4) is 0 Å². The summed E-state index contributed by atoms with van der Waals surface area (Å²) in [5.41, 5.74) is 0. The number of nitrogens with zero attached hydrogens (tertiary/aromatic N) is 2. The molecule has 220 valence electrons. The molecule has 0 spiro atoms. The average Bonchev–Trinajstić information content (AvgIpc) is 3.29. The van der Waals surface area contributed by atoms with Crippen molar-refractivity contribution in [1.82, 2.24) is 9.80 Å². The average molecular weight is 519 g/mol. The lowest BCUT2D eigenvalue weighted by Crippen LogP contribution is -2.39. The predicted molar refractivity (Wildman–Crippen MR) is 168 cm³/mol. The first-order valence-electron chi connectivity index (χ1n) is 17.5. The van der Waals surface area contributed by atoms with E-state index < -0.39 is 0 Å². The Morgan fingerprint density at radius 1 is 0.351 bits per heavy atom. The van der Waals surface area contributed by atoms with E-state index in [0.717, 1.165) is 0 Å². The van der Waals surface area contributed by atoms with Gasteiger partial charge in [0.1, 0.15) is 6.17 Å². The summed E-state index contributed by atoms with van der Waals surface area (Å²) in [7, 11) is 0. The summed E-state index contributed by atoms with van der Waals surface area (Å²) in [5.74, 6) is 0. The lowest BCUT2D eigenvalue weighted by molar-refractivity contribution is 0.135. The van der Waals surface area contributed by atoms with Crippen molar-refractivity contribution in [3.63, 3.8) is 0 Å². The Balaban J connectivity index is 2.18. The second-order valence-corrected chi connectivity index (χ2v) is 12.2. The largest absolute Gasteiger partial charge is 0.356 e. The van der Waals surface area contributed by atoms with Crippen LogP contribution < -0.4 is 0 Å². The monoisotopic (exact) mass is 519 g/mol. The molecule has 0 saturated heterocycles. The van der Waals surface area contributed by atoms with Gasteiger partial charge in [0, 0.05) is 25.5 Å². The third kappa shape index (κ3) is 20.0. The van der Waals surface area contributed by atoms with Crippen LogP contribution in [0.25, 0.3) is 0 Å². The van der Waals surface area contributed by atoms with E-state index in [9.17, 15) is 0 Å². The zero-order chi connectivity index (χ0) is 26.7. The van der Waals surface area contributed by atoms with Crippen LogP contribution in [0, 0.1) is 0 Å². The Morgan fingerprint density at radius 2 is 0.622 bits per heavy atom. The Kier molecular flexibility index (Phi) is 25.0. The third-order valence-corrected chi connectivity index (χ3v) is 8.57. The molecule has 0 aromatic heterocycles. The molecule has 2 heteroatoms. The topological polar surface area (TPSA) is 6.48 Å². The summed E-state index contributed by atoms with van der Waals surface area (Å²) in [5, 5.41) is 0. The minimum absolute atomic E-state index is 0.642. The van der Waals surface area contributed by atoms with Crippen molar-refractivity contribution >= 4 is 0 Å². The van der Waals surface area contributed by atoms with Gasteiger partial charge in [0.05, 0.1) is 0 Å². The molecule has 0 fully saturated rings. The maximum absolute atomic E-state index is 2.70. The number of hydrogen-bond donors (Lipinski definition) is 0. The van der Waals surface area contributed by atoms with E-state index in [1.165, 1.54) is 186 Å². The van der Waals surface area contributed by atoms with Crippen molar-refractivity contribution in [2.45, 2.75) is 200 Å². The zero-order valence-electron chi connectivity index (χ0n) is 26.1. The van der Waals surface area contributed by atoms with Gasteiger partial charge in [-0.3, -0.25) is 0 Å². The molecule has 0 saturated carbocycles. The summed E-state index contributed by atoms with van der Waals surface area (Å²) in [6.07, 6.45) is 44.0. The highest BCUT2D eigenvalue weighted by atomic mass is 15.4. The number of rotatable bonds is 29. The van der Waals surface area contributed by atoms with Crippen LogP contribution in [0.3, 0.4) is 0 Å². The molecule has 0 radical (unpaired) electrons. The Hall–Kier alpha value is -0.660. The fourth-order valence-electron chi connectivity index (χ4n) is 6.01. The highest BCUT2D eigenvalue weighted by molar-refractivity contribution is 4.97. The van der Waals surface area contributed by atoms with E-state index in [1.54, 1.807) is 0 Å². The molecule has 1 aliphatic heterocycles. The summed E-state index contributed by atoms with van der Waals surface area (Å²) in [4.78, 5) is 5.39. The molecule has 0 amide bonds. The fraction of sp³-hybridized carbons (Fsp3) is 0.943. The molecule has 1 unspecified atom stereocenters. The summed E-state index contributed by atoms with van der Waals surface area (Å²) in [6, 6.07) is 0. The van der Waals surface area contributed by atoms with Crippen LogP contribution in [0.15, 0.2) is 12.4 Å². The van der Waals surface area contributed by atoms with Crippen LogP contribution in [-0.4, -0.2) is 29.1 Å². The molecule has 0 bridgehead atoms. The van der Waals surface area contributed by atoms with Crippen LogP contribution in [0.1, 0.15) is 194 Å². The van der Waals surface area contributed by atoms with Crippen molar-refractivity contribution in [2.75, 3.05) is 13.1 Å². The van der Waals surface area contributed by atoms with Crippen molar-refractivity contribution in [2.24, 2.45) is 0 Å². The van der Waals surface area contributed by atoms with Gasteiger partial charge in [-0.1, -0.05) is 168 Å². The van der Waals surface area contributed by atoms with E-state index in [-0.39, 0.29) is 0 Å². The Labute approximate surface area is 235 Å². The molecule has 0 N–H and O–H groups in total. The van der Waals surface area contributed by atoms with Crippen molar-refractivity contribution in [3.05, 3.63) is 12.4 Å². The quantitative estimate of drug-likeness (QED) is 0.0908. The van der Waals surface area contributed by atoms with Crippen LogP contribution in [-0.2, 0) is 0 Å². The lowest BCUT2D eigenvalue weighted by Gasteiger charge is -2.33. The van der Waals surface area contributed by atoms with Crippen molar-refractivity contribution < 1.29 is 0 Å². The highest BCUT2D eigenvalue weighted by Gasteiger charge is 2.24. The zero-order valence-corrected chi connectivity index (χ0v) is 26.1. The normalized spacial score (nSPS) is 15.4. The smallest absolute Gasteiger partial charge is 0.101 e. The molecule has 0 aromatic carbocycles. The molecular formula is C35H70N2. The molecular weight excluding hydrogens is 448 g/mol. The summed E-state index contributed by atoms with van der Waals surface area (Å²) < 4.78 is 0. The molecule has 2 nitrogen and oxygen atoms in total. The van der Waals surface area contributed by atoms with Gasteiger partial charge < -0.3 is 9.80 Å².